The number of carbonyl (C=O) groups is 3. The Kier molecular flexibility index (Phi) is 21.8. The van der Waals surface area contributed by atoms with Gasteiger partial charge in [0.2, 0.25) is 0 Å². The van der Waals surface area contributed by atoms with Crippen LogP contribution in [-0.2, 0) is 14.4 Å². The third-order valence-corrected chi connectivity index (χ3v) is 8.33. The van der Waals surface area contributed by atoms with Crippen molar-refractivity contribution in [3.05, 3.63) is 12.2 Å². The van der Waals surface area contributed by atoms with E-state index >= 15 is 0 Å². The van der Waals surface area contributed by atoms with Gasteiger partial charge in [-0.25, -0.2) is 14.4 Å². The fraction of sp³-hybridized carbons (Fsp3) is 0.844. The fourth-order valence-electron chi connectivity index (χ4n) is 6.27. The van der Waals surface area contributed by atoms with Gasteiger partial charge < -0.3 is 15.3 Å². The average Bonchev–Trinajstić information content (AvgIpc) is 2.88. The largest absolute Gasteiger partial charge is 0.477 e. The van der Waals surface area contributed by atoms with Crippen LogP contribution in [0.15, 0.2) is 12.2 Å². The fourth-order valence-corrected chi connectivity index (χ4v) is 6.27. The van der Waals surface area contributed by atoms with Crippen molar-refractivity contribution in [1.29, 1.82) is 0 Å². The summed E-state index contributed by atoms with van der Waals surface area (Å²) in [6.07, 6.45) is 24.4. The summed E-state index contributed by atoms with van der Waals surface area (Å²) in [5.74, 6) is -3.41. The molecule has 0 aliphatic heterocycles. The van der Waals surface area contributed by atoms with Gasteiger partial charge in [0.1, 0.15) is 0 Å². The lowest BCUT2D eigenvalue weighted by molar-refractivity contribution is -0.972. The van der Waals surface area contributed by atoms with Crippen molar-refractivity contribution in [1.82, 2.24) is 0 Å². The Bertz CT molecular complexity index is 637. The molecule has 7 heteroatoms. The van der Waals surface area contributed by atoms with Crippen LogP contribution in [0.3, 0.4) is 0 Å². The highest BCUT2D eigenvalue weighted by molar-refractivity contribution is 5.78. The predicted octanol–water partition coefficient (Wildman–Crippen LogP) is 8.21. The van der Waals surface area contributed by atoms with E-state index in [4.69, 9.17) is 0 Å². The molecule has 0 aliphatic rings. The van der Waals surface area contributed by atoms with Crippen molar-refractivity contribution < 1.29 is 34.2 Å². The van der Waals surface area contributed by atoms with Crippen molar-refractivity contribution in [2.45, 2.75) is 168 Å². The van der Waals surface area contributed by atoms with Gasteiger partial charge in [0, 0.05) is 25.7 Å². The van der Waals surface area contributed by atoms with Crippen LogP contribution < -0.4 is 0 Å². The number of unbranched alkanes of at least 4 members (excludes halogenated alkanes) is 14. The second kappa shape index (κ2) is 22.9. The molecule has 0 aromatic heterocycles. The van der Waals surface area contributed by atoms with Crippen LogP contribution in [0.25, 0.3) is 0 Å². The maximum absolute atomic E-state index is 12.2. The molecule has 0 aromatic carbocycles. The first-order chi connectivity index (χ1) is 18.7. The molecule has 0 bridgehead atoms. The maximum atomic E-state index is 12.2. The van der Waals surface area contributed by atoms with Gasteiger partial charge >= 0.3 is 17.9 Å². The molecule has 3 atom stereocenters. The van der Waals surface area contributed by atoms with E-state index in [1.807, 2.05) is 6.08 Å². The normalized spacial score (nSPS) is 15.6. The molecule has 0 amide bonds. The Morgan fingerprint density at radius 1 is 0.513 bits per heavy atom. The molecule has 0 fully saturated rings. The molecular weight excluding hydrogens is 494 g/mol. The zero-order chi connectivity index (χ0) is 29.5. The molecule has 0 radical (unpaired) electrons. The third-order valence-electron chi connectivity index (χ3n) is 8.33. The second-order valence-corrected chi connectivity index (χ2v) is 11.2. The number of nitrogens with zero attached hydrogens (tertiary/aromatic N) is 1. The van der Waals surface area contributed by atoms with Crippen LogP contribution in [0.2, 0.25) is 0 Å². The number of rotatable bonds is 27. The highest BCUT2D eigenvalue weighted by Crippen LogP contribution is 2.32. The Labute approximate surface area is 238 Å². The SMILES string of the molecule is CCCCCCCCCCCCCCCC/C=C/CC[N+](C(CC)C(=O)O)(C(CC)C(=O)O)C(CC)C(=O)O. The number of quaternary nitrogens is 1. The summed E-state index contributed by atoms with van der Waals surface area (Å²) in [4.78, 5) is 36.7. The highest BCUT2D eigenvalue weighted by Gasteiger charge is 2.55. The quantitative estimate of drug-likeness (QED) is 0.0536. The number of allylic oxidation sites excluding steroid dienone is 1. The molecular formula is C32H60NO6+. The number of carboxylic acid groups (broad SMARTS) is 3. The molecule has 0 aromatic rings. The van der Waals surface area contributed by atoms with Gasteiger partial charge in [-0.1, -0.05) is 123 Å². The maximum Gasteiger partial charge on any atom is 0.362 e. The molecule has 0 aliphatic carbocycles. The third kappa shape index (κ3) is 13.8. The first kappa shape index (κ1) is 37.1. The van der Waals surface area contributed by atoms with Crippen LogP contribution in [0.1, 0.15) is 150 Å². The standard InChI is InChI=1S/C32H59NO6/c1-5-9-10-11-12-13-14-15-16-17-18-19-20-21-22-23-24-25-26-33(27(6-2)30(34)35,28(7-3)31(36)37)29(8-4)32(38)39/h23-24,27-29H,5-22,25-26H2,1-4H3,(H2-,34,35,36,37,38,39)/p+1/b24-23+. The van der Waals surface area contributed by atoms with E-state index < -0.39 is 40.5 Å². The van der Waals surface area contributed by atoms with E-state index in [0.29, 0.717) is 6.42 Å². The number of hydrogen-bond donors (Lipinski definition) is 3. The molecule has 3 unspecified atom stereocenters. The number of carboxylic acids is 3. The number of hydrogen-bond acceptors (Lipinski definition) is 3. The van der Waals surface area contributed by atoms with Gasteiger partial charge in [-0.15, -0.1) is 0 Å². The summed E-state index contributed by atoms with van der Waals surface area (Å²) in [6.45, 7) is 7.52. The van der Waals surface area contributed by atoms with Gasteiger partial charge in [0.05, 0.1) is 6.54 Å². The van der Waals surface area contributed by atoms with Crippen LogP contribution in [0, 0.1) is 0 Å². The smallest absolute Gasteiger partial charge is 0.362 e. The first-order valence-electron chi connectivity index (χ1n) is 15.9. The molecule has 0 saturated heterocycles. The molecule has 39 heavy (non-hydrogen) atoms. The minimum atomic E-state index is -1.14. The second-order valence-electron chi connectivity index (χ2n) is 11.2. The van der Waals surface area contributed by atoms with E-state index in [9.17, 15) is 29.7 Å². The first-order valence-corrected chi connectivity index (χ1v) is 15.9. The summed E-state index contributed by atoms with van der Waals surface area (Å²) in [5, 5.41) is 30.0. The van der Waals surface area contributed by atoms with Crippen LogP contribution in [-0.4, -0.2) is 62.4 Å². The Balaban J connectivity index is 4.66. The van der Waals surface area contributed by atoms with Crippen molar-refractivity contribution in [3.8, 4) is 0 Å². The topological polar surface area (TPSA) is 112 Å². The minimum absolute atomic E-state index is 0.172. The minimum Gasteiger partial charge on any atom is -0.477 e. The van der Waals surface area contributed by atoms with E-state index in [0.717, 1.165) is 12.8 Å². The van der Waals surface area contributed by atoms with Crippen molar-refractivity contribution >= 4 is 17.9 Å². The van der Waals surface area contributed by atoms with Crippen molar-refractivity contribution in [3.63, 3.8) is 0 Å². The van der Waals surface area contributed by atoms with Gasteiger partial charge in [-0.2, -0.15) is 0 Å². The summed E-state index contributed by atoms with van der Waals surface area (Å²) in [5.41, 5.74) is 0. The molecule has 0 saturated carbocycles. The molecule has 0 heterocycles. The van der Waals surface area contributed by atoms with E-state index in [1.54, 1.807) is 20.8 Å². The lowest BCUT2D eigenvalue weighted by Crippen LogP contribution is -2.72. The lowest BCUT2D eigenvalue weighted by atomic mass is 9.94. The predicted molar refractivity (Wildman–Crippen MR) is 159 cm³/mol. The van der Waals surface area contributed by atoms with Gasteiger partial charge in [-0.05, 0) is 12.8 Å². The summed E-state index contributed by atoms with van der Waals surface area (Å²) in [6, 6.07) is -3.27. The summed E-state index contributed by atoms with van der Waals surface area (Å²) in [7, 11) is 0. The molecule has 0 rings (SSSR count). The Morgan fingerprint density at radius 2 is 0.821 bits per heavy atom. The molecule has 0 spiro atoms. The van der Waals surface area contributed by atoms with Gasteiger partial charge in [0.15, 0.2) is 18.1 Å². The lowest BCUT2D eigenvalue weighted by Gasteiger charge is -2.49. The summed E-state index contributed by atoms with van der Waals surface area (Å²) < 4.78 is -0.452. The zero-order valence-electron chi connectivity index (χ0n) is 25.5. The van der Waals surface area contributed by atoms with Gasteiger partial charge in [-0.3, -0.25) is 4.48 Å². The van der Waals surface area contributed by atoms with Crippen LogP contribution in [0.4, 0.5) is 0 Å². The highest BCUT2D eigenvalue weighted by atomic mass is 16.4. The summed E-state index contributed by atoms with van der Waals surface area (Å²) >= 11 is 0. The number of aliphatic carboxylic acids is 3. The molecule has 3 N–H and O–H groups in total. The molecule has 7 nitrogen and oxygen atoms in total. The van der Waals surface area contributed by atoms with E-state index in [1.165, 1.54) is 83.5 Å². The Hall–Kier alpha value is -1.89. The monoisotopic (exact) mass is 554 g/mol. The van der Waals surface area contributed by atoms with Crippen LogP contribution >= 0.6 is 0 Å². The van der Waals surface area contributed by atoms with Crippen molar-refractivity contribution in [2.24, 2.45) is 0 Å². The van der Waals surface area contributed by atoms with E-state index in [2.05, 4.69) is 13.0 Å². The van der Waals surface area contributed by atoms with E-state index in [-0.39, 0.29) is 25.8 Å². The van der Waals surface area contributed by atoms with Crippen molar-refractivity contribution in [2.75, 3.05) is 6.54 Å². The van der Waals surface area contributed by atoms with Crippen LogP contribution in [0.5, 0.6) is 0 Å². The zero-order valence-corrected chi connectivity index (χ0v) is 25.5. The average molecular weight is 555 g/mol. The molecule has 228 valence electrons. The Morgan fingerprint density at radius 3 is 1.13 bits per heavy atom. The van der Waals surface area contributed by atoms with Gasteiger partial charge in [0.25, 0.3) is 0 Å².